The van der Waals surface area contributed by atoms with E-state index >= 15 is 0 Å². The van der Waals surface area contributed by atoms with Crippen molar-refractivity contribution in [2.45, 2.75) is 57.7 Å². The largest absolute Gasteiger partial charge is 0.484 e. The fraction of sp³-hybridized carbons (Fsp3) is 0.609. The fourth-order valence-electron chi connectivity index (χ4n) is 3.16. The van der Waals surface area contributed by atoms with Crippen molar-refractivity contribution in [1.82, 2.24) is 20.9 Å². The number of rotatable bonds is 8. The summed E-state index contributed by atoms with van der Waals surface area (Å²) in [6.45, 7) is 7.54. The molecule has 0 bridgehead atoms. The van der Waals surface area contributed by atoms with Crippen molar-refractivity contribution in [3.05, 3.63) is 29.8 Å². The van der Waals surface area contributed by atoms with E-state index < -0.39 is 5.60 Å². The second-order valence-corrected chi connectivity index (χ2v) is 9.25. The number of carbonyl (C=O) groups is 2. The van der Waals surface area contributed by atoms with Crippen LogP contribution in [0.1, 0.15) is 39.2 Å². The first-order valence-electron chi connectivity index (χ1n) is 11.2. The minimum Gasteiger partial charge on any atom is -0.484 e. The summed E-state index contributed by atoms with van der Waals surface area (Å²) in [5.41, 5.74) is 0.671. The highest BCUT2D eigenvalue weighted by Gasteiger charge is 2.34. The number of ether oxygens (including phenoxy) is 2. The third kappa shape index (κ3) is 9.65. The SMILES string of the molecule is CN=C(NCCc1ccc(OCC(=O)NC2CC2)cc1)NC1CN(C(=O)OC(C)(C)C)C1.I. The number of hydrogen-bond donors (Lipinski definition) is 3. The van der Waals surface area contributed by atoms with E-state index in [1.54, 1.807) is 11.9 Å². The number of nitrogens with one attached hydrogen (secondary N) is 3. The first-order valence-corrected chi connectivity index (χ1v) is 11.2. The molecule has 2 aliphatic rings. The molecule has 10 heteroatoms. The number of likely N-dealkylation sites (tertiary alicyclic amines) is 1. The smallest absolute Gasteiger partial charge is 0.410 e. The van der Waals surface area contributed by atoms with Crippen molar-refractivity contribution in [3.63, 3.8) is 0 Å². The number of carbonyl (C=O) groups excluding carboxylic acids is 2. The summed E-state index contributed by atoms with van der Waals surface area (Å²) in [6.07, 6.45) is 2.67. The van der Waals surface area contributed by atoms with E-state index in [-0.39, 0.29) is 48.6 Å². The van der Waals surface area contributed by atoms with Crippen LogP contribution in [0.2, 0.25) is 0 Å². The Bertz CT molecular complexity index is 815. The molecule has 1 aromatic rings. The molecule has 3 rings (SSSR count). The van der Waals surface area contributed by atoms with Crippen LogP contribution in [0.5, 0.6) is 5.75 Å². The number of nitrogens with zero attached hydrogens (tertiary/aromatic N) is 2. The van der Waals surface area contributed by atoms with E-state index in [1.807, 2.05) is 45.0 Å². The Balaban J connectivity index is 0.00000385. The normalized spacial score (nSPS) is 16.2. The van der Waals surface area contributed by atoms with Gasteiger partial charge >= 0.3 is 6.09 Å². The number of amides is 2. The van der Waals surface area contributed by atoms with Crippen molar-refractivity contribution < 1.29 is 19.1 Å². The van der Waals surface area contributed by atoms with Crippen molar-refractivity contribution in [2.24, 2.45) is 4.99 Å². The molecular weight excluding hydrogens is 537 g/mol. The average molecular weight is 573 g/mol. The zero-order valence-corrected chi connectivity index (χ0v) is 22.2. The van der Waals surface area contributed by atoms with Crippen molar-refractivity contribution >= 4 is 41.9 Å². The van der Waals surface area contributed by atoms with Crippen molar-refractivity contribution in [1.29, 1.82) is 0 Å². The summed E-state index contributed by atoms with van der Waals surface area (Å²) in [6, 6.07) is 8.26. The maximum Gasteiger partial charge on any atom is 0.410 e. The maximum absolute atomic E-state index is 12.0. The lowest BCUT2D eigenvalue weighted by molar-refractivity contribution is -0.123. The lowest BCUT2D eigenvalue weighted by Crippen LogP contribution is -2.63. The molecule has 9 nitrogen and oxygen atoms in total. The third-order valence-corrected chi connectivity index (χ3v) is 5.04. The number of hydrogen-bond acceptors (Lipinski definition) is 5. The molecular formula is C23H36IN5O4. The summed E-state index contributed by atoms with van der Waals surface area (Å²) >= 11 is 0. The first kappa shape index (κ1) is 27.0. The minimum atomic E-state index is -0.484. The van der Waals surface area contributed by atoms with Crippen LogP contribution in [0.3, 0.4) is 0 Å². The monoisotopic (exact) mass is 573 g/mol. The van der Waals surface area contributed by atoms with Crippen molar-refractivity contribution in [2.75, 3.05) is 33.3 Å². The first-order chi connectivity index (χ1) is 15.2. The highest BCUT2D eigenvalue weighted by Crippen LogP contribution is 2.18. The molecule has 0 atom stereocenters. The van der Waals surface area contributed by atoms with Gasteiger partial charge in [-0.2, -0.15) is 0 Å². The van der Waals surface area contributed by atoms with Crippen LogP contribution in [0.4, 0.5) is 4.79 Å². The minimum absolute atomic E-state index is 0. The molecule has 1 aromatic carbocycles. The van der Waals surface area contributed by atoms with Gasteiger partial charge in [0.1, 0.15) is 11.4 Å². The van der Waals surface area contributed by atoms with E-state index in [2.05, 4.69) is 20.9 Å². The zero-order chi connectivity index (χ0) is 23.1. The summed E-state index contributed by atoms with van der Waals surface area (Å²) < 4.78 is 10.9. The Morgan fingerprint density at radius 3 is 2.33 bits per heavy atom. The molecule has 3 N–H and O–H groups in total. The average Bonchev–Trinajstić information content (AvgIpc) is 3.50. The van der Waals surface area contributed by atoms with E-state index in [0.29, 0.717) is 37.4 Å². The van der Waals surface area contributed by atoms with Gasteiger partial charge in [0.15, 0.2) is 12.6 Å². The van der Waals surface area contributed by atoms with Crippen LogP contribution in [-0.2, 0) is 16.0 Å². The maximum atomic E-state index is 12.0. The van der Waals surface area contributed by atoms with Crippen LogP contribution < -0.4 is 20.7 Å². The molecule has 1 aliphatic carbocycles. The van der Waals surface area contributed by atoms with Crippen LogP contribution in [0.25, 0.3) is 0 Å². The standard InChI is InChI=1S/C23H35N5O4.HI/c1-23(2,3)32-22(30)28-13-18(14-28)27-21(24-4)25-12-11-16-5-9-19(10-6-16)31-15-20(29)26-17-7-8-17;/h5-6,9-10,17-18H,7-8,11-15H2,1-4H3,(H,26,29)(H2,24,25,27);1H. The van der Waals surface area contributed by atoms with Gasteiger partial charge < -0.3 is 30.3 Å². The van der Waals surface area contributed by atoms with Gasteiger partial charge in [-0.3, -0.25) is 9.79 Å². The third-order valence-electron chi connectivity index (χ3n) is 5.04. The molecule has 0 unspecified atom stereocenters. The Labute approximate surface area is 213 Å². The van der Waals surface area contributed by atoms with Gasteiger partial charge in [-0.05, 0) is 57.7 Å². The molecule has 1 aliphatic heterocycles. The van der Waals surface area contributed by atoms with Crippen LogP contribution in [0.15, 0.2) is 29.3 Å². The molecule has 1 saturated carbocycles. The van der Waals surface area contributed by atoms with E-state index in [9.17, 15) is 9.59 Å². The quantitative estimate of drug-likeness (QED) is 0.251. The highest BCUT2D eigenvalue weighted by molar-refractivity contribution is 14.0. The van der Waals surface area contributed by atoms with Gasteiger partial charge in [-0.15, -0.1) is 24.0 Å². The molecule has 1 heterocycles. The Kier molecular flexibility index (Phi) is 10.1. The van der Waals surface area contributed by atoms with Gasteiger partial charge in [0, 0.05) is 32.7 Å². The Morgan fingerprint density at radius 1 is 1.09 bits per heavy atom. The van der Waals surface area contributed by atoms with Gasteiger partial charge in [0.2, 0.25) is 0 Å². The van der Waals surface area contributed by atoms with Crippen molar-refractivity contribution in [3.8, 4) is 5.75 Å². The summed E-state index contributed by atoms with van der Waals surface area (Å²) in [7, 11) is 1.73. The Hall–Kier alpha value is -2.24. The molecule has 2 fully saturated rings. The van der Waals surface area contributed by atoms with E-state index in [4.69, 9.17) is 9.47 Å². The van der Waals surface area contributed by atoms with Gasteiger partial charge in [0.05, 0.1) is 6.04 Å². The molecule has 33 heavy (non-hydrogen) atoms. The molecule has 0 spiro atoms. The predicted octanol–water partition coefficient (Wildman–Crippen LogP) is 2.29. The van der Waals surface area contributed by atoms with Gasteiger partial charge in [-0.1, -0.05) is 12.1 Å². The summed E-state index contributed by atoms with van der Waals surface area (Å²) in [4.78, 5) is 29.6. The van der Waals surface area contributed by atoms with Crippen LogP contribution >= 0.6 is 24.0 Å². The Morgan fingerprint density at radius 2 is 1.76 bits per heavy atom. The second-order valence-electron chi connectivity index (χ2n) is 9.25. The molecule has 0 radical (unpaired) electrons. The highest BCUT2D eigenvalue weighted by atomic mass is 127. The van der Waals surface area contributed by atoms with E-state index in [1.165, 1.54) is 0 Å². The lowest BCUT2D eigenvalue weighted by Gasteiger charge is -2.40. The number of aliphatic imine (C=N–C) groups is 1. The molecule has 2 amide bonds. The van der Waals surface area contributed by atoms with Gasteiger partial charge in [-0.25, -0.2) is 4.79 Å². The van der Waals surface area contributed by atoms with E-state index in [0.717, 1.165) is 24.8 Å². The number of guanidine groups is 1. The topological polar surface area (TPSA) is 104 Å². The number of halogens is 1. The second kappa shape index (κ2) is 12.3. The van der Waals surface area contributed by atoms with Crippen LogP contribution in [0, 0.1) is 0 Å². The predicted molar refractivity (Wildman–Crippen MR) is 138 cm³/mol. The molecule has 1 saturated heterocycles. The number of benzene rings is 1. The summed E-state index contributed by atoms with van der Waals surface area (Å²) in [5, 5.41) is 9.52. The fourth-order valence-corrected chi connectivity index (χ4v) is 3.16. The van der Waals surface area contributed by atoms with Gasteiger partial charge in [0.25, 0.3) is 5.91 Å². The van der Waals surface area contributed by atoms with Crippen LogP contribution in [-0.4, -0.2) is 73.8 Å². The summed E-state index contributed by atoms with van der Waals surface area (Å²) in [5.74, 6) is 1.32. The molecule has 184 valence electrons. The zero-order valence-electron chi connectivity index (χ0n) is 19.8. The molecule has 0 aromatic heterocycles. The lowest BCUT2D eigenvalue weighted by atomic mass is 10.1.